The van der Waals surface area contributed by atoms with Crippen molar-refractivity contribution >= 4 is 23.2 Å². The van der Waals surface area contributed by atoms with Crippen LogP contribution in [0.3, 0.4) is 0 Å². The van der Waals surface area contributed by atoms with Gasteiger partial charge in [0.05, 0.1) is 22.9 Å². The molecule has 0 fully saturated rings. The van der Waals surface area contributed by atoms with Gasteiger partial charge < -0.3 is 10.1 Å². The lowest BCUT2D eigenvalue weighted by atomic mass is 10.1. The van der Waals surface area contributed by atoms with Crippen molar-refractivity contribution < 1.29 is 22.7 Å². The Morgan fingerprint density at radius 1 is 1.25 bits per heavy atom. The zero-order valence-electron chi connectivity index (χ0n) is 12.0. The average molecular weight is 355 g/mol. The Morgan fingerprint density at radius 3 is 2.67 bits per heavy atom. The minimum absolute atomic E-state index is 0.0927. The molecule has 0 saturated heterocycles. The first-order chi connectivity index (χ1) is 11.3. The molecule has 1 amide bonds. The molecule has 4 nitrogen and oxygen atoms in total. The number of benzene rings is 2. The lowest BCUT2D eigenvalue weighted by molar-refractivity contribution is -0.137. The minimum Gasteiger partial charge on any atom is -0.484 e. The van der Waals surface area contributed by atoms with Crippen LogP contribution in [0.15, 0.2) is 42.5 Å². The number of nitrogens with one attached hydrogen (secondary N) is 1. The number of halogens is 4. The molecule has 2 rings (SSSR count). The van der Waals surface area contributed by atoms with E-state index in [2.05, 4.69) is 5.32 Å². The second-order valence-electron chi connectivity index (χ2n) is 4.66. The SMILES string of the molecule is N#Cc1cccc(OCC(=O)Nc2ccc(Cl)cc2C(F)(F)F)c1. The van der Waals surface area contributed by atoms with Gasteiger partial charge in [0, 0.05) is 5.02 Å². The summed E-state index contributed by atoms with van der Waals surface area (Å²) in [7, 11) is 0. The Hall–Kier alpha value is -2.72. The summed E-state index contributed by atoms with van der Waals surface area (Å²) in [5.74, 6) is -0.512. The van der Waals surface area contributed by atoms with Crippen LogP contribution in [-0.4, -0.2) is 12.5 Å². The molecule has 0 aliphatic heterocycles. The van der Waals surface area contributed by atoms with Gasteiger partial charge in [-0.2, -0.15) is 18.4 Å². The molecule has 0 unspecified atom stereocenters. The number of nitrogens with zero attached hydrogens (tertiary/aromatic N) is 1. The van der Waals surface area contributed by atoms with E-state index in [-0.39, 0.29) is 10.8 Å². The van der Waals surface area contributed by atoms with Crippen molar-refractivity contribution in [2.24, 2.45) is 0 Å². The Kier molecular flexibility index (Phi) is 5.31. The van der Waals surface area contributed by atoms with Crippen LogP contribution in [0.2, 0.25) is 5.02 Å². The van der Waals surface area contributed by atoms with Crippen molar-refractivity contribution in [1.82, 2.24) is 0 Å². The summed E-state index contributed by atoms with van der Waals surface area (Å²) >= 11 is 5.57. The molecule has 0 aliphatic rings. The highest BCUT2D eigenvalue weighted by Crippen LogP contribution is 2.36. The predicted molar refractivity (Wildman–Crippen MR) is 81.7 cm³/mol. The van der Waals surface area contributed by atoms with Crippen molar-refractivity contribution in [2.45, 2.75) is 6.18 Å². The highest BCUT2D eigenvalue weighted by atomic mass is 35.5. The molecule has 0 spiro atoms. The molecule has 0 heterocycles. The Balaban J connectivity index is 2.06. The number of carbonyl (C=O) groups excluding carboxylic acids is 1. The van der Waals surface area contributed by atoms with Crippen molar-refractivity contribution in [3.8, 4) is 11.8 Å². The van der Waals surface area contributed by atoms with E-state index in [1.807, 2.05) is 6.07 Å². The fourth-order valence-electron chi connectivity index (χ4n) is 1.85. The van der Waals surface area contributed by atoms with E-state index in [4.69, 9.17) is 21.6 Å². The van der Waals surface area contributed by atoms with E-state index in [1.165, 1.54) is 18.2 Å². The predicted octanol–water partition coefficient (Wildman–Crippen LogP) is 4.25. The number of amides is 1. The second kappa shape index (κ2) is 7.23. The highest BCUT2D eigenvalue weighted by Gasteiger charge is 2.34. The lowest BCUT2D eigenvalue weighted by Gasteiger charge is -2.14. The summed E-state index contributed by atoms with van der Waals surface area (Å²) in [6.07, 6.45) is -4.66. The van der Waals surface area contributed by atoms with Crippen LogP contribution in [0, 0.1) is 11.3 Å². The molecule has 0 atom stereocenters. The number of alkyl halides is 3. The first kappa shape index (κ1) is 17.6. The second-order valence-corrected chi connectivity index (χ2v) is 5.10. The number of nitriles is 1. The fourth-order valence-corrected chi connectivity index (χ4v) is 2.02. The van der Waals surface area contributed by atoms with Gasteiger partial charge >= 0.3 is 6.18 Å². The van der Waals surface area contributed by atoms with E-state index in [0.717, 1.165) is 12.1 Å². The van der Waals surface area contributed by atoms with Gasteiger partial charge in [-0.25, -0.2) is 0 Å². The van der Waals surface area contributed by atoms with E-state index in [1.54, 1.807) is 12.1 Å². The maximum atomic E-state index is 12.9. The molecule has 0 bridgehead atoms. The van der Waals surface area contributed by atoms with Gasteiger partial charge in [-0.15, -0.1) is 0 Å². The quantitative estimate of drug-likeness (QED) is 0.892. The molecule has 0 radical (unpaired) electrons. The maximum Gasteiger partial charge on any atom is 0.418 e. The van der Waals surface area contributed by atoms with Gasteiger partial charge in [-0.1, -0.05) is 17.7 Å². The van der Waals surface area contributed by atoms with E-state index in [0.29, 0.717) is 5.56 Å². The van der Waals surface area contributed by atoms with Crippen molar-refractivity contribution in [1.29, 1.82) is 5.26 Å². The van der Waals surface area contributed by atoms with Gasteiger partial charge in [0.1, 0.15) is 5.75 Å². The first-order valence-electron chi connectivity index (χ1n) is 6.59. The third kappa shape index (κ3) is 4.64. The standard InChI is InChI=1S/C16H10ClF3N2O2/c17-11-4-5-14(13(7-11)16(18,19)20)22-15(23)9-24-12-3-1-2-10(6-12)8-21/h1-7H,9H2,(H,22,23). The van der Waals surface area contributed by atoms with E-state index < -0.39 is 29.9 Å². The zero-order chi connectivity index (χ0) is 17.7. The summed E-state index contributed by atoms with van der Waals surface area (Å²) < 4.78 is 44.0. The van der Waals surface area contributed by atoms with Crippen molar-refractivity contribution in [2.75, 3.05) is 11.9 Å². The van der Waals surface area contributed by atoms with Gasteiger partial charge in [-0.3, -0.25) is 4.79 Å². The Morgan fingerprint density at radius 2 is 2.00 bits per heavy atom. The molecule has 8 heteroatoms. The van der Waals surface area contributed by atoms with E-state index in [9.17, 15) is 18.0 Å². The molecular formula is C16H10ClF3N2O2. The molecule has 1 N–H and O–H groups in total. The molecule has 0 aliphatic carbocycles. The number of rotatable bonds is 4. The molecule has 0 aromatic heterocycles. The largest absolute Gasteiger partial charge is 0.484 e. The van der Waals surface area contributed by atoms with Crippen LogP contribution in [0.5, 0.6) is 5.75 Å². The van der Waals surface area contributed by atoms with Crippen molar-refractivity contribution in [3.05, 3.63) is 58.6 Å². The number of anilines is 1. The molecule has 124 valence electrons. The minimum atomic E-state index is -4.66. The summed E-state index contributed by atoms with van der Waals surface area (Å²) in [6.45, 7) is -0.505. The summed E-state index contributed by atoms with van der Waals surface area (Å²) in [5.41, 5.74) is -1.12. The third-order valence-electron chi connectivity index (χ3n) is 2.89. The summed E-state index contributed by atoms with van der Waals surface area (Å²) in [5, 5.41) is 10.8. The average Bonchev–Trinajstić information content (AvgIpc) is 2.54. The van der Waals surface area contributed by atoms with Gasteiger partial charge in [-0.05, 0) is 36.4 Å². The smallest absolute Gasteiger partial charge is 0.418 e. The third-order valence-corrected chi connectivity index (χ3v) is 3.13. The van der Waals surface area contributed by atoms with Crippen LogP contribution in [0.4, 0.5) is 18.9 Å². The zero-order valence-corrected chi connectivity index (χ0v) is 12.8. The number of carbonyl (C=O) groups is 1. The van der Waals surface area contributed by atoms with Crippen LogP contribution >= 0.6 is 11.6 Å². The van der Waals surface area contributed by atoms with Gasteiger partial charge in [0.15, 0.2) is 6.61 Å². The van der Waals surface area contributed by atoms with Gasteiger partial charge in [0.2, 0.25) is 0 Å². The number of ether oxygens (including phenoxy) is 1. The fraction of sp³-hybridized carbons (Fsp3) is 0.125. The summed E-state index contributed by atoms with van der Waals surface area (Å²) in [6, 6.07) is 11.0. The molecule has 24 heavy (non-hydrogen) atoms. The van der Waals surface area contributed by atoms with Crippen molar-refractivity contribution in [3.63, 3.8) is 0 Å². The van der Waals surface area contributed by atoms with Crippen LogP contribution in [0.25, 0.3) is 0 Å². The lowest BCUT2D eigenvalue weighted by Crippen LogP contribution is -2.22. The number of hydrogen-bond acceptors (Lipinski definition) is 3. The van der Waals surface area contributed by atoms with E-state index >= 15 is 0 Å². The molecule has 0 saturated carbocycles. The highest BCUT2D eigenvalue weighted by molar-refractivity contribution is 6.30. The Bertz CT molecular complexity index is 801. The number of hydrogen-bond donors (Lipinski definition) is 1. The molecule has 2 aromatic carbocycles. The maximum absolute atomic E-state index is 12.9. The molecular weight excluding hydrogens is 345 g/mol. The topological polar surface area (TPSA) is 62.1 Å². The van der Waals surface area contributed by atoms with Crippen LogP contribution < -0.4 is 10.1 Å². The van der Waals surface area contributed by atoms with Crippen LogP contribution in [0.1, 0.15) is 11.1 Å². The van der Waals surface area contributed by atoms with Crippen LogP contribution in [-0.2, 0) is 11.0 Å². The van der Waals surface area contributed by atoms with Gasteiger partial charge in [0.25, 0.3) is 5.91 Å². The Labute approximate surface area is 140 Å². The molecule has 2 aromatic rings. The monoisotopic (exact) mass is 354 g/mol. The summed E-state index contributed by atoms with van der Waals surface area (Å²) in [4.78, 5) is 11.8. The normalized spacial score (nSPS) is 10.8. The first-order valence-corrected chi connectivity index (χ1v) is 6.97.